The molecule has 0 saturated carbocycles. The Morgan fingerprint density at radius 1 is 1.28 bits per heavy atom. The molecule has 0 unspecified atom stereocenters. The van der Waals surface area contributed by atoms with Crippen LogP contribution in [0.3, 0.4) is 0 Å². The molecule has 0 aliphatic carbocycles. The van der Waals surface area contributed by atoms with E-state index < -0.39 is 0 Å². The summed E-state index contributed by atoms with van der Waals surface area (Å²) in [6, 6.07) is 7.57. The molecule has 18 heavy (non-hydrogen) atoms. The Morgan fingerprint density at radius 2 is 2.00 bits per heavy atom. The van der Waals surface area contributed by atoms with Gasteiger partial charge >= 0.3 is 0 Å². The average molecular weight is 244 g/mol. The van der Waals surface area contributed by atoms with Gasteiger partial charge in [-0.25, -0.2) is 0 Å². The summed E-state index contributed by atoms with van der Waals surface area (Å²) < 4.78 is 0. The van der Waals surface area contributed by atoms with Crippen LogP contribution >= 0.6 is 0 Å². The third kappa shape index (κ3) is 2.42. The number of carbonyl (C=O) groups excluding carboxylic acids is 2. The molecule has 0 bridgehead atoms. The zero-order valence-corrected chi connectivity index (χ0v) is 10.5. The highest BCUT2D eigenvalue weighted by Gasteiger charge is 2.13. The lowest BCUT2D eigenvalue weighted by atomic mass is 10.1. The summed E-state index contributed by atoms with van der Waals surface area (Å²) in [6.45, 7) is 3.72. The minimum atomic E-state index is -0.221. The lowest BCUT2D eigenvalue weighted by Crippen LogP contribution is -2.31. The molecular formula is C14H16N2O2. The van der Waals surface area contributed by atoms with Gasteiger partial charge in [0.05, 0.1) is 12.1 Å². The van der Waals surface area contributed by atoms with Crippen LogP contribution in [0.5, 0.6) is 0 Å². The predicted octanol–water partition coefficient (Wildman–Crippen LogP) is 2.12. The molecule has 0 saturated heterocycles. The van der Waals surface area contributed by atoms with Gasteiger partial charge in [-0.3, -0.25) is 9.59 Å². The first-order valence-electron chi connectivity index (χ1n) is 5.96. The van der Waals surface area contributed by atoms with Crippen molar-refractivity contribution in [3.05, 3.63) is 36.0 Å². The van der Waals surface area contributed by atoms with E-state index in [2.05, 4.69) is 10.3 Å². The number of carbonyl (C=O) groups is 2. The topological polar surface area (TPSA) is 62.0 Å². The maximum absolute atomic E-state index is 12.0. The second-order valence-corrected chi connectivity index (χ2v) is 4.55. The molecule has 0 aliphatic heterocycles. The molecule has 1 aromatic carbocycles. The van der Waals surface area contributed by atoms with Crippen molar-refractivity contribution in [1.29, 1.82) is 0 Å². The number of amides is 1. The van der Waals surface area contributed by atoms with E-state index in [1.165, 1.54) is 0 Å². The van der Waals surface area contributed by atoms with E-state index in [1.54, 1.807) is 6.20 Å². The average Bonchev–Trinajstić information content (AvgIpc) is 2.79. The molecule has 1 amide bonds. The number of H-pyrrole nitrogens is 1. The van der Waals surface area contributed by atoms with E-state index >= 15 is 0 Å². The standard InChI is InChI=1S/C14H16N2O2/c1-9(2)13(17)8-16-14(18)11-7-15-12-6-4-3-5-10(11)12/h3-7,9,15H,8H2,1-2H3,(H,16,18). The summed E-state index contributed by atoms with van der Waals surface area (Å²) in [5.41, 5.74) is 1.49. The number of aromatic amines is 1. The van der Waals surface area contributed by atoms with Crippen molar-refractivity contribution in [1.82, 2.24) is 10.3 Å². The molecule has 4 heteroatoms. The molecule has 2 N–H and O–H groups in total. The molecule has 1 aromatic heterocycles. The van der Waals surface area contributed by atoms with E-state index in [1.807, 2.05) is 38.1 Å². The van der Waals surface area contributed by atoms with Crippen molar-refractivity contribution in [2.24, 2.45) is 5.92 Å². The number of nitrogens with one attached hydrogen (secondary N) is 2. The van der Waals surface area contributed by atoms with Crippen LogP contribution in [0.25, 0.3) is 10.9 Å². The van der Waals surface area contributed by atoms with Crippen molar-refractivity contribution >= 4 is 22.6 Å². The van der Waals surface area contributed by atoms with Gasteiger partial charge in [-0.15, -0.1) is 0 Å². The summed E-state index contributed by atoms with van der Waals surface area (Å²) >= 11 is 0. The highest BCUT2D eigenvalue weighted by atomic mass is 16.2. The highest BCUT2D eigenvalue weighted by molar-refractivity contribution is 6.07. The minimum absolute atomic E-state index is 0.0307. The van der Waals surface area contributed by atoms with Crippen LogP contribution in [0.2, 0.25) is 0 Å². The zero-order chi connectivity index (χ0) is 13.1. The summed E-state index contributed by atoms with van der Waals surface area (Å²) in [5.74, 6) is -0.252. The molecule has 0 atom stereocenters. The Morgan fingerprint density at radius 3 is 2.72 bits per heavy atom. The minimum Gasteiger partial charge on any atom is -0.360 e. The SMILES string of the molecule is CC(C)C(=O)CNC(=O)c1c[nH]c2ccccc12. The van der Waals surface area contributed by atoms with Crippen molar-refractivity contribution in [3.8, 4) is 0 Å². The summed E-state index contributed by atoms with van der Waals surface area (Å²) in [6.07, 6.45) is 1.67. The molecule has 0 radical (unpaired) electrons. The number of Topliss-reactive ketones (excluding diaryl/α,β-unsaturated/α-hetero) is 1. The maximum Gasteiger partial charge on any atom is 0.253 e. The van der Waals surface area contributed by atoms with Gasteiger partial charge in [-0.1, -0.05) is 32.0 Å². The van der Waals surface area contributed by atoms with Crippen molar-refractivity contribution in [2.45, 2.75) is 13.8 Å². The second kappa shape index (κ2) is 5.04. The normalized spacial score (nSPS) is 10.8. The molecule has 0 fully saturated rings. The predicted molar refractivity (Wildman–Crippen MR) is 70.5 cm³/mol. The quantitative estimate of drug-likeness (QED) is 0.865. The Labute approximate surface area is 105 Å². The first-order chi connectivity index (χ1) is 8.59. The Balaban J connectivity index is 2.12. The van der Waals surface area contributed by atoms with Gasteiger partial charge in [0.25, 0.3) is 5.91 Å². The molecule has 94 valence electrons. The zero-order valence-electron chi connectivity index (χ0n) is 10.5. The Kier molecular flexibility index (Phi) is 3.46. The largest absolute Gasteiger partial charge is 0.360 e. The number of ketones is 1. The first kappa shape index (κ1) is 12.4. The molecule has 2 aromatic rings. The fourth-order valence-electron chi connectivity index (χ4n) is 1.73. The van der Waals surface area contributed by atoms with Crippen LogP contribution in [-0.2, 0) is 4.79 Å². The van der Waals surface area contributed by atoms with E-state index in [4.69, 9.17) is 0 Å². The van der Waals surface area contributed by atoms with Gasteiger partial charge in [0.2, 0.25) is 0 Å². The van der Waals surface area contributed by atoms with Crippen LogP contribution in [0.4, 0.5) is 0 Å². The molecule has 0 spiro atoms. The van der Waals surface area contributed by atoms with E-state index in [9.17, 15) is 9.59 Å². The Hall–Kier alpha value is -2.10. The number of benzene rings is 1. The molecule has 1 heterocycles. The Bertz CT molecular complexity index is 584. The summed E-state index contributed by atoms with van der Waals surface area (Å²) in [4.78, 5) is 26.5. The number of aromatic nitrogens is 1. The van der Waals surface area contributed by atoms with Crippen molar-refractivity contribution < 1.29 is 9.59 Å². The molecule has 4 nitrogen and oxygen atoms in total. The van der Waals surface area contributed by atoms with E-state index in [0.29, 0.717) is 5.56 Å². The number of hydrogen-bond acceptors (Lipinski definition) is 2. The monoisotopic (exact) mass is 244 g/mol. The van der Waals surface area contributed by atoms with Crippen LogP contribution in [0.15, 0.2) is 30.5 Å². The molecule has 0 aliphatic rings. The smallest absolute Gasteiger partial charge is 0.253 e. The summed E-state index contributed by atoms with van der Waals surface area (Å²) in [7, 11) is 0. The third-order valence-electron chi connectivity index (χ3n) is 2.90. The fourth-order valence-corrected chi connectivity index (χ4v) is 1.73. The second-order valence-electron chi connectivity index (χ2n) is 4.55. The van der Waals surface area contributed by atoms with Crippen molar-refractivity contribution in [3.63, 3.8) is 0 Å². The number of rotatable bonds is 4. The van der Waals surface area contributed by atoms with Gasteiger partial charge < -0.3 is 10.3 Å². The number of fused-ring (bicyclic) bond motifs is 1. The van der Waals surface area contributed by atoms with Gasteiger partial charge in [-0.2, -0.15) is 0 Å². The number of para-hydroxylation sites is 1. The fraction of sp³-hybridized carbons (Fsp3) is 0.286. The van der Waals surface area contributed by atoms with Gasteiger partial charge in [0.15, 0.2) is 5.78 Å². The van der Waals surface area contributed by atoms with Crippen molar-refractivity contribution in [2.75, 3.05) is 6.54 Å². The number of hydrogen-bond donors (Lipinski definition) is 2. The third-order valence-corrected chi connectivity index (χ3v) is 2.90. The van der Waals surface area contributed by atoms with Gasteiger partial charge in [-0.05, 0) is 6.07 Å². The van der Waals surface area contributed by atoms with E-state index in [-0.39, 0.29) is 24.2 Å². The summed E-state index contributed by atoms with van der Waals surface area (Å²) in [5, 5.41) is 3.52. The molecular weight excluding hydrogens is 228 g/mol. The van der Waals surface area contributed by atoms with Crippen LogP contribution in [0.1, 0.15) is 24.2 Å². The van der Waals surface area contributed by atoms with Gasteiger partial charge in [0.1, 0.15) is 0 Å². The maximum atomic E-state index is 12.0. The van der Waals surface area contributed by atoms with E-state index in [0.717, 1.165) is 10.9 Å². The molecule has 2 rings (SSSR count). The highest BCUT2D eigenvalue weighted by Crippen LogP contribution is 2.17. The van der Waals surface area contributed by atoms with Crippen LogP contribution in [0, 0.1) is 5.92 Å². The lowest BCUT2D eigenvalue weighted by molar-refractivity contribution is -0.120. The van der Waals surface area contributed by atoms with Crippen LogP contribution < -0.4 is 5.32 Å². The van der Waals surface area contributed by atoms with Crippen LogP contribution in [-0.4, -0.2) is 23.2 Å². The lowest BCUT2D eigenvalue weighted by Gasteiger charge is -2.05. The first-order valence-corrected chi connectivity index (χ1v) is 5.96. The van der Waals surface area contributed by atoms with Gasteiger partial charge in [0, 0.05) is 23.0 Å².